The van der Waals surface area contributed by atoms with Gasteiger partial charge in [0.2, 0.25) is 11.8 Å². The van der Waals surface area contributed by atoms with E-state index in [9.17, 15) is 14.0 Å². The highest BCUT2D eigenvalue weighted by Gasteiger charge is 2.13. The van der Waals surface area contributed by atoms with E-state index in [0.29, 0.717) is 17.9 Å². The third-order valence-corrected chi connectivity index (χ3v) is 3.92. The monoisotopic (exact) mass is 342 g/mol. The van der Waals surface area contributed by atoms with Crippen LogP contribution >= 0.6 is 0 Å². The SMILES string of the molecule is O=C(CCOc1ccc(F)cc1)Nc1ccc2c(c1)CCCC(=O)N2. The molecule has 130 valence electrons. The van der Waals surface area contributed by atoms with Crippen LogP contribution < -0.4 is 15.4 Å². The summed E-state index contributed by atoms with van der Waals surface area (Å²) in [6, 6.07) is 11.1. The Kier molecular flexibility index (Phi) is 5.28. The number of halogens is 1. The molecule has 5 nitrogen and oxygen atoms in total. The van der Waals surface area contributed by atoms with Crippen LogP contribution in [-0.2, 0) is 16.0 Å². The fourth-order valence-corrected chi connectivity index (χ4v) is 2.67. The van der Waals surface area contributed by atoms with E-state index < -0.39 is 0 Å². The molecule has 0 aromatic heterocycles. The normalized spacial score (nSPS) is 13.4. The highest BCUT2D eigenvalue weighted by atomic mass is 19.1. The van der Waals surface area contributed by atoms with E-state index in [4.69, 9.17) is 4.74 Å². The van der Waals surface area contributed by atoms with Gasteiger partial charge in [-0.25, -0.2) is 4.39 Å². The molecule has 1 aliphatic heterocycles. The van der Waals surface area contributed by atoms with E-state index in [1.165, 1.54) is 24.3 Å². The summed E-state index contributed by atoms with van der Waals surface area (Å²) in [7, 11) is 0. The Hall–Kier alpha value is -2.89. The predicted molar refractivity (Wildman–Crippen MR) is 93.2 cm³/mol. The average Bonchev–Trinajstić information content (AvgIpc) is 2.77. The van der Waals surface area contributed by atoms with Crippen LogP contribution in [0.1, 0.15) is 24.8 Å². The topological polar surface area (TPSA) is 67.4 Å². The van der Waals surface area contributed by atoms with Crippen molar-refractivity contribution in [3.63, 3.8) is 0 Å². The third kappa shape index (κ3) is 4.79. The Morgan fingerprint density at radius 1 is 1.16 bits per heavy atom. The van der Waals surface area contributed by atoms with Gasteiger partial charge in [-0.2, -0.15) is 0 Å². The van der Waals surface area contributed by atoms with Gasteiger partial charge in [-0.15, -0.1) is 0 Å². The number of amides is 2. The van der Waals surface area contributed by atoms with Crippen LogP contribution in [0.3, 0.4) is 0 Å². The number of carbonyl (C=O) groups excluding carboxylic acids is 2. The number of rotatable bonds is 5. The summed E-state index contributed by atoms with van der Waals surface area (Å²) in [4.78, 5) is 23.6. The van der Waals surface area contributed by atoms with E-state index in [2.05, 4.69) is 10.6 Å². The molecule has 25 heavy (non-hydrogen) atoms. The quantitative estimate of drug-likeness (QED) is 0.874. The number of benzene rings is 2. The number of hydrogen-bond acceptors (Lipinski definition) is 3. The highest BCUT2D eigenvalue weighted by Crippen LogP contribution is 2.25. The van der Waals surface area contributed by atoms with Crippen molar-refractivity contribution in [2.45, 2.75) is 25.7 Å². The van der Waals surface area contributed by atoms with Crippen LogP contribution in [0.25, 0.3) is 0 Å². The second kappa shape index (κ2) is 7.79. The number of anilines is 2. The van der Waals surface area contributed by atoms with Crippen LogP contribution in [0.15, 0.2) is 42.5 Å². The fraction of sp³-hybridized carbons (Fsp3) is 0.263. The average molecular weight is 342 g/mol. The molecular weight excluding hydrogens is 323 g/mol. The van der Waals surface area contributed by atoms with Gasteiger partial charge < -0.3 is 15.4 Å². The Labute approximate surface area is 145 Å². The summed E-state index contributed by atoms with van der Waals surface area (Å²) in [5, 5.41) is 5.69. The van der Waals surface area contributed by atoms with Crippen molar-refractivity contribution in [3.05, 3.63) is 53.8 Å². The number of carbonyl (C=O) groups is 2. The van der Waals surface area contributed by atoms with Gasteiger partial charge in [0.1, 0.15) is 11.6 Å². The second-order valence-electron chi connectivity index (χ2n) is 5.87. The van der Waals surface area contributed by atoms with Gasteiger partial charge in [0.25, 0.3) is 0 Å². The molecule has 6 heteroatoms. The van der Waals surface area contributed by atoms with Crippen molar-refractivity contribution >= 4 is 23.2 Å². The van der Waals surface area contributed by atoms with Crippen LogP contribution in [-0.4, -0.2) is 18.4 Å². The second-order valence-corrected chi connectivity index (χ2v) is 5.87. The molecule has 2 aromatic carbocycles. The molecular formula is C19H19FN2O3. The molecule has 2 N–H and O–H groups in total. The van der Waals surface area contributed by atoms with Gasteiger partial charge in [-0.3, -0.25) is 9.59 Å². The van der Waals surface area contributed by atoms with Crippen molar-refractivity contribution in [1.82, 2.24) is 0 Å². The molecule has 0 radical (unpaired) electrons. The molecule has 2 amide bonds. The summed E-state index contributed by atoms with van der Waals surface area (Å²) in [5.41, 5.74) is 2.52. The maximum Gasteiger partial charge on any atom is 0.227 e. The molecule has 0 bridgehead atoms. The van der Waals surface area contributed by atoms with E-state index in [-0.39, 0.29) is 30.7 Å². The lowest BCUT2D eigenvalue weighted by molar-refractivity contribution is -0.117. The number of nitrogens with one attached hydrogen (secondary N) is 2. The summed E-state index contributed by atoms with van der Waals surface area (Å²) in [5.74, 6) is 0.0488. The maximum atomic E-state index is 12.8. The van der Waals surface area contributed by atoms with Crippen molar-refractivity contribution < 1.29 is 18.7 Å². The Balaban J connectivity index is 1.51. The van der Waals surface area contributed by atoms with Crippen LogP contribution in [0.4, 0.5) is 15.8 Å². The zero-order chi connectivity index (χ0) is 17.6. The van der Waals surface area contributed by atoms with Crippen LogP contribution in [0.5, 0.6) is 5.75 Å². The first-order chi connectivity index (χ1) is 12.1. The lowest BCUT2D eigenvalue weighted by Gasteiger charge is -2.11. The van der Waals surface area contributed by atoms with E-state index >= 15 is 0 Å². The zero-order valence-corrected chi connectivity index (χ0v) is 13.7. The van der Waals surface area contributed by atoms with Gasteiger partial charge in [0, 0.05) is 17.8 Å². The Morgan fingerprint density at radius 2 is 1.96 bits per heavy atom. The lowest BCUT2D eigenvalue weighted by atomic mass is 10.1. The molecule has 0 atom stereocenters. The molecule has 0 saturated carbocycles. The maximum absolute atomic E-state index is 12.8. The summed E-state index contributed by atoms with van der Waals surface area (Å²) in [6.07, 6.45) is 2.29. The van der Waals surface area contributed by atoms with Crippen molar-refractivity contribution in [2.24, 2.45) is 0 Å². The summed E-state index contributed by atoms with van der Waals surface area (Å²) >= 11 is 0. The minimum absolute atomic E-state index is 0.0217. The minimum Gasteiger partial charge on any atom is -0.493 e. The first-order valence-electron chi connectivity index (χ1n) is 8.21. The van der Waals surface area contributed by atoms with Gasteiger partial charge >= 0.3 is 0 Å². The van der Waals surface area contributed by atoms with Gasteiger partial charge in [-0.05, 0) is 60.9 Å². The fourth-order valence-electron chi connectivity index (χ4n) is 2.67. The molecule has 0 aliphatic carbocycles. The molecule has 0 fully saturated rings. The highest BCUT2D eigenvalue weighted by molar-refractivity contribution is 5.94. The standard InChI is InChI=1S/C19H19FN2O3/c20-14-4-7-16(8-5-14)25-11-10-19(24)21-15-6-9-17-13(12-15)2-1-3-18(23)22-17/h4-9,12H,1-3,10-11H2,(H,21,24)(H,22,23). The summed E-state index contributed by atoms with van der Waals surface area (Å²) < 4.78 is 18.2. The van der Waals surface area contributed by atoms with Gasteiger partial charge in [0.15, 0.2) is 0 Å². The molecule has 0 unspecified atom stereocenters. The Morgan fingerprint density at radius 3 is 2.76 bits per heavy atom. The van der Waals surface area contributed by atoms with Crippen LogP contribution in [0.2, 0.25) is 0 Å². The third-order valence-electron chi connectivity index (χ3n) is 3.92. The number of ether oxygens (including phenoxy) is 1. The molecule has 1 aliphatic rings. The lowest BCUT2D eigenvalue weighted by Crippen LogP contribution is -2.15. The van der Waals surface area contributed by atoms with E-state index in [0.717, 1.165) is 24.1 Å². The number of aryl methyl sites for hydroxylation is 1. The molecule has 2 aromatic rings. The van der Waals surface area contributed by atoms with Crippen molar-refractivity contribution in [1.29, 1.82) is 0 Å². The minimum atomic E-state index is -0.329. The van der Waals surface area contributed by atoms with Gasteiger partial charge in [-0.1, -0.05) is 0 Å². The first kappa shape index (κ1) is 17.0. The van der Waals surface area contributed by atoms with E-state index in [1.54, 1.807) is 6.07 Å². The first-order valence-corrected chi connectivity index (χ1v) is 8.21. The largest absolute Gasteiger partial charge is 0.493 e. The zero-order valence-electron chi connectivity index (χ0n) is 13.7. The van der Waals surface area contributed by atoms with Gasteiger partial charge in [0.05, 0.1) is 13.0 Å². The van der Waals surface area contributed by atoms with Crippen molar-refractivity contribution in [3.8, 4) is 5.75 Å². The number of hydrogen-bond donors (Lipinski definition) is 2. The summed E-state index contributed by atoms with van der Waals surface area (Å²) in [6.45, 7) is 0.207. The van der Waals surface area contributed by atoms with E-state index in [1.807, 2.05) is 12.1 Å². The number of fused-ring (bicyclic) bond motifs is 1. The Bertz CT molecular complexity index is 775. The smallest absolute Gasteiger partial charge is 0.227 e. The van der Waals surface area contributed by atoms with Crippen LogP contribution in [0, 0.1) is 5.82 Å². The predicted octanol–water partition coefficient (Wildman–Crippen LogP) is 3.51. The molecule has 1 heterocycles. The molecule has 0 spiro atoms. The van der Waals surface area contributed by atoms with Crippen molar-refractivity contribution in [2.75, 3.05) is 17.2 Å². The molecule has 0 saturated heterocycles. The molecule has 3 rings (SSSR count).